The normalized spacial score (nSPS) is 19.1. The first-order chi connectivity index (χ1) is 11.5. The highest BCUT2D eigenvalue weighted by Gasteiger charge is 2.34. The highest BCUT2D eigenvalue weighted by molar-refractivity contribution is 7.89. The van der Waals surface area contributed by atoms with Crippen LogP contribution in [0.1, 0.15) is 11.6 Å². The van der Waals surface area contributed by atoms with E-state index in [9.17, 15) is 18.5 Å². The van der Waals surface area contributed by atoms with Gasteiger partial charge in [0.2, 0.25) is 10.0 Å². The number of hydrogen-bond donors (Lipinski definition) is 1. The average molecular weight is 347 g/mol. The number of nitro benzene ring substituents is 1. The molecule has 0 aliphatic carbocycles. The van der Waals surface area contributed by atoms with E-state index in [2.05, 4.69) is 5.32 Å². The number of piperazine rings is 1. The summed E-state index contributed by atoms with van der Waals surface area (Å²) in [5.41, 5.74) is 0.782. The highest BCUT2D eigenvalue weighted by Crippen LogP contribution is 2.29. The Morgan fingerprint density at radius 1 is 1.08 bits per heavy atom. The van der Waals surface area contributed by atoms with Gasteiger partial charge in [-0.25, -0.2) is 8.42 Å². The zero-order valence-corrected chi connectivity index (χ0v) is 13.6. The topological polar surface area (TPSA) is 92.5 Å². The smallest absolute Gasteiger partial charge is 0.269 e. The van der Waals surface area contributed by atoms with Crippen LogP contribution in [0.25, 0.3) is 0 Å². The number of sulfonamides is 1. The van der Waals surface area contributed by atoms with Crippen LogP contribution in [0.4, 0.5) is 5.69 Å². The van der Waals surface area contributed by atoms with E-state index >= 15 is 0 Å². The third kappa shape index (κ3) is 3.16. The van der Waals surface area contributed by atoms with E-state index in [-0.39, 0.29) is 16.6 Å². The molecule has 1 heterocycles. The van der Waals surface area contributed by atoms with Gasteiger partial charge in [-0.15, -0.1) is 0 Å². The van der Waals surface area contributed by atoms with Crippen molar-refractivity contribution in [2.75, 3.05) is 19.6 Å². The van der Waals surface area contributed by atoms with Crippen LogP contribution < -0.4 is 5.32 Å². The van der Waals surface area contributed by atoms with Crippen molar-refractivity contribution >= 4 is 15.7 Å². The maximum Gasteiger partial charge on any atom is 0.269 e. The van der Waals surface area contributed by atoms with Gasteiger partial charge in [-0.3, -0.25) is 10.1 Å². The van der Waals surface area contributed by atoms with Crippen molar-refractivity contribution in [2.24, 2.45) is 0 Å². The van der Waals surface area contributed by atoms with Gasteiger partial charge in [0.25, 0.3) is 5.69 Å². The Bertz CT molecular complexity index is 822. The van der Waals surface area contributed by atoms with E-state index in [1.54, 1.807) is 0 Å². The predicted molar refractivity (Wildman–Crippen MR) is 89.0 cm³/mol. The number of rotatable bonds is 4. The van der Waals surface area contributed by atoms with E-state index < -0.39 is 14.9 Å². The first-order valence-electron chi connectivity index (χ1n) is 7.52. The maximum absolute atomic E-state index is 13.0. The summed E-state index contributed by atoms with van der Waals surface area (Å²) in [6.45, 7) is 1.44. The fraction of sp³-hybridized carbons (Fsp3) is 0.250. The molecule has 0 spiro atoms. The lowest BCUT2D eigenvalue weighted by molar-refractivity contribution is -0.384. The second-order valence-corrected chi connectivity index (χ2v) is 7.39. The molecule has 1 aliphatic heterocycles. The molecule has 2 aromatic carbocycles. The zero-order chi connectivity index (χ0) is 17.2. The molecule has 1 unspecified atom stereocenters. The minimum atomic E-state index is -3.73. The minimum absolute atomic E-state index is 0.0657. The number of hydrogen-bond acceptors (Lipinski definition) is 5. The van der Waals surface area contributed by atoms with Crippen LogP contribution in [0.3, 0.4) is 0 Å². The molecular weight excluding hydrogens is 330 g/mol. The van der Waals surface area contributed by atoms with E-state index in [0.29, 0.717) is 19.6 Å². The Morgan fingerprint density at radius 3 is 2.38 bits per heavy atom. The van der Waals surface area contributed by atoms with E-state index in [1.807, 2.05) is 30.3 Å². The molecule has 0 radical (unpaired) electrons. The highest BCUT2D eigenvalue weighted by atomic mass is 32.2. The second kappa shape index (κ2) is 6.68. The quantitative estimate of drug-likeness (QED) is 0.674. The van der Waals surface area contributed by atoms with E-state index in [1.165, 1.54) is 28.6 Å². The summed E-state index contributed by atoms with van der Waals surface area (Å²) in [7, 11) is -3.73. The molecule has 3 rings (SSSR count). The molecule has 1 atom stereocenters. The number of benzene rings is 2. The fourth-order valence-corrected chi connectivity index (χ4v) is 4.42. The molecule has 126 valence electrons. The standard InChI is InChI=1S/C16H17N3O4S/c20-19(21)14-6-8-15(9-7-14)24(22,23)18-11-10-17-12-16(18)13-4-2-1-3-5-13/h1-9,16-17H,10-12H2. The van der Waals surface area contributed by atoms with Crippen LogP contribution in [-0.2, 0) is 10.0 Å². The van der Waals surface area contributed by atoms with Crippen molar-refractivity contribution in [3.05, 3.63) is 70.3 Å². The van der Waals surface area contributed by atoms with Crippen LogP contribution in [-0.4, -0.2) is 37.3 Å². The Hall–Kier alpha value is -2.29. The summed E-state index contributed by atoms with van der Waals surface area (Å²) in [4.78, 5) is 10.3. The predicted octanol–water partition coefficient (Wildman–Crippen LogP) is 1.93. The SMILES string of the molecule is O=[N+]([O-])c1ccc(S(=O)(=O)N2CCNCC2c2ccccc2)cc1. The van der Waals surface area contributed by atoms with Crippen LogP contribution in [0.2, 0.25) is 0 Å². The van der Waals surface area contributed by atoms with Crippen LogP contribution in [0.5, 0.6) is 0 Å². The molecule has 1 aliphatic rings. The van der Waals surface area contributed by atoms with Gasteiger partial charge in [0, 0.05) is 31.8 Å². The van der Waals surface area contributed by atoms with E-state index in [4.69, 9.17) is 0 Å². The molecule has 0 saturated carbocycles. The molecule has 1 fully saturated rings. The monoisotopic (exact) mass is 347 g/mol. The Kier molecular flexibility index (Phi) is 4.61. The van der Waals surface area contributed by atoms with Gasteiger partial charge in [0.15, 0.2) is 0 Å². The van der Waals surface area contributed by atoms with Crippen LogP contribution in [0, 0.1) is 10.1 Å². The van der Waals surface area contributed by atoms with Crippen molar-refractivity contribution < 1.29 is 13.3 Å². The average Bonchev–Trinajstić information content (AvgIpc) is 2.62. The molecule has 0 amide bonds. The fourth-order valence-electron chi connectivity index (χ4n) is 2.81. The van der Waals surface area contributed by atoms with Gasteiger partial charge < -0.3 is 5.32 Å². The van der Waals surface area contributed by atoms with Crippen molar-refractivity contribution in [1.82, 2.24) is 9.62 Å². The molecule has 0 bridgehead atoms. The molecular formula is C16H17N3O4S. The van der Waals surface area contributed by atoms with Gasteiger partial charge in [-0.1, -0.05) is 30.3 Å². The Morgan fingerprint density at radius 2 is 1.75 bits per heavy atom. The molecule has 7 nitrogen and oxygen atoms in total. The largest absolute Gasteiger partial charge is 0.313 e. The first kappa shape index (κ1) is 16.6. The summed E-state index contributed by atoms with van der Waals surface area (Å²) >= 11 is 0. The number of nitrogens with one attached hydrogen (secondary N) is 1. The summed E-state index contributed by atoms with van der Waals surface area (Å²) in [5.74, 6) is 0. The summed E-state index contributed by atoms with van der Waals surface area (Å²) in [5, 5.41) is 14.0. The third-order valence-corrected chi connectivity index (χ3v) is 5.96. The van der Waals surface area contributed by atoms with Crippen LogP contribution in [0.15, 0.2) is 59.5 Å². The summed E-state index contributed by atoms with van der Waals surface area (Å²) in [6, 6.07) is 14.1. The van der Waals surface area contributed by atoms with E-state index in [0.717, 1.165) is 5.56 Å². The van der Waals surface area contributed by atoms with Gasteiger partial charge in [0.05, 0.1) is 15.9 Å². The second-order valence-electron chi connectivity index (χ2n) is 5.50. The summed E-state index contributed by atoms with van der Waals surface area (Å²) in [6.07, 6.45) is 0. The first-order valence-corrected chi connectivity index (χ1v) is 8.96. The van der Waals surface area contributed by atoms with Crippen molar-refractivity contribution in [3.63, 3.8) is 0 Å². The van der Waals surface area contributed by atoms with Crippen LogP contribution >= 0.6 is 0 Å². The molecule has 8 heteroatoms. The molecule has 1 saturated heterocycles. The molecule has 0 aromatic heterocycles. The molecule has 1 N–H and O–H groups in total. The Balaban J connectivity index is 1.95. The van der Waals surface area contributed by atoms with Gasteiger partial charge >= 0.3 is 0 Å². The van der Waals surface area contributed by atoms with Gasteiger partial charge in [-0.2, -0.15) is 4.31 Å². The maximum atomic E-state index is 13.0. The number of nitrogens with zero attached hydrogens (tertiary/aromatic N) is 2. The number of nitro groups is 1. The Labute approximate surface area is 140 Å². The zero-order valence-electron chi connectivity index (χ0n) is 12.8. The minimum Gasteiger partial charge on any atom is -0.313 e. The molecule has 24 heavy (non-hydrogen) atoms. The van der Waals surface area contributed by atoms with Crippen molar-refractivity contribution in [1.29, 1.82) is 0 Å². The molecule has 2 aromatic rings. The van der Waals surface area contributed by atoms with Gasteiger partial charge in [-0.05, 0) is 17.7 Å². The van der Waals surface area contributed by atoms with Crippen molar-refractivity contribution in [2.45, 2.75) is 10.9 Å². The lowest BCUT2D eigenvalue weighted by atomic mass is 10.1. The van der Waals surface area contributed by atoms with Crippen molar-refractivity contribution in [3.8, 4) is 0 Å². The summed E-state index contributed by atoms with van der Waals surface area (Å²) < 4.78 is 27.4. The lowest BCUT2D eigenvalue weighted by Crippen LogP contribution is -2.48. The third-order valence-electron chi connectivity index (χ3n) is 4.03. The number of non-ortho nitro benzene ring substituents is 1. The lowest BCUT2D eigenvalue weighted by Gasteiger charge is -2.35. The van der Waals surface area contributed by atoms with Gasteiger partial charge in [0.1, 0.15) is 0 Å².